The van der Waals surface area contributed by atoms with Crippen molar-refractivity contribution in [1.82, 2.24) is 20.6 Å². The molecule has 2 aromatic carbocycles. The number of amides is 4. The highest BCUT2D eigenvalue weighted by Crippen LogP contribution is 2.28. The topological polar surface area (TPSA) is 90.5 Å². The molecule has 0 fully saturated rings. The zero-order valence-corrected chi connectivity index (χ0v) is 18.7. The number of anilines is 2. The van der Waals surface area contributed by atoms with E-state index in [0.29, 0.717) is 10.3 Å². The number of nitrogens with zero attached hydrogens (tertiary/aromatic N) is 4. The van der Waals surface area contributed by atoms with Gasteiger partial charge in [0.2, 0.25) is 0 Å². The zero-order chi connectivity index (χ0) is 21.7. The molecule has 2 N–H and O–H groups in total. The van der Waals surface area contributed by atoms with Crippen molar-refractivity contribution in [3.63, 3.8) is 0 Å². The molecule has 0 saturated carbocycles. The average molecular weight is 443 g/mol. The van der Waals surface area contributed by atoms with Crippen molar-refractivity contribution in [2.45, 2.75) is 0 Å². The summed E-state index contributed by atoms with van der Waals surface area (Å²) in [6.45, 7) is 0. The molecule has 2 aromatic heterocycles. The molecule has 0 aliphatic carbocycles. The monoisotopic (exact) mass is 442 g/mol. The summed E-state index contributed by atoms with van der Waals surface area (Å²) in [5.74, 6) is 0. The van der Waals surface area contributed by atoms with Gasteiger partial charge in [0.15, 0.2) is 10.3 Å². The predicted octanol–water partition coefficient (Wildman–Crippen LogP) is 4.14. The molecule has 156 valence electrons. The second kappa shape index (κ2) is 9.51. The number of hydrogen-bond donors (Lipinski definition) is 2. The summed E-state index contributed by atoms with van der Waals surface area (Å²) in [7, 11) is 6.62. The maximum absolute atomic E-state index is 11.4. The van der Waals surface area contributed by atoms with E-state index in [2.05, 4.69) is 20.6 Å². The minimum absolute atomic E-state index is 0.158. The van der Waals surface area contributed by atoms with Gasteiger partial charge in [-0.2, -0.15) is 0 Å². The maximum atomic E-state index is 11.4. The Morgan fingerprint density at radius 3 is 1.43 bits per heavy atom. The van der Waals surface area contributed by atoms with E-state index in [4.69, 9.17) is 0 Å². The van der Waals surface area contributed by atoms with E-state index < -0.39 is 0 Å². The molecule has 4 aromatic rings. The van der Waals surface area contributed by atoms with E-state index in [1.165, 1.54) is 32.5 Å². The number of para-hydroxylation sites is 2. The number of nitrogens with one attached hydrogen (secondary N) is 2. The van der Waals surface area contributed by atoms with Crippen LogP contribution in [0.25, 0.3) is 20.4 Å². The van der Waals surface area contributed by atoms with Crippen molar-refractivity contribution >= 4 is 65.4 Å². The van der Waals surface area contributed by atoms with Crippen molar-refractivity contribution in [3.8, 4) is 0 Å². The Labute approximate surface area is 182 Å². The van der Waals surface area contributed by atoms with Crippen LogP contribution in [0.15, 0.2) is 48.5 Å². The molecule has 0 bridgehead atoms. The van der Waals surface area contributed by atoms with Crippen LogP contribution in [0.4, 0.5) is 19.9 Å². The predicted molar refractivity (Wildman–Crippen MR) is 125 cm³/mol. The summed E-state index contributed by atoms with van der Waals surface area (Å²) < 4.78 is 2.17. The summed E-state index contributed by atoms with van der Waals surface area (Å²) in [6.07, 6.45) is 0. The first-order valence-corrected chi connectivity index (χ1v) is 10.7. The Hall–Kier alpha value is -3.24. The quantitative estimate of drug-likeness (QED) is 0.488. The number of carbonyl (C=O) groups excluding carboxylic acids is 2. The van der Waals surface area contributed by atoms with E-state index in [1.54, 1.807) is 28.2 Å². The molecule has 4 rings (SSSR count). The number of carbonyl (C=O) groups is 2. The van der Waals surface area contributed by atoms with Gasteiger partial charge in [0.25, 0.3) is 0 Å². The molecule has 30 heavy (non-hydrogen) atoms. The van der Waals surface area contributed by atoms with Crippen LogP contribution in [0.5, 0.6) is 0 Å². The van der Waals surface area contributed by atoms with Gasteiger partial charge in [-0.25, -0.2) is 19.6 Å². The molecule has 0 unspecified atom stereocenters. The van der Waals surface area contributed by atoms with Crippen LogP contribution >= 0.6 is 22.7 Å². The molecule has 2 heterocycles. The molecule has 0 atom stereocenters. The summed E-state index contributed by atoms with van der Waals surface area (Å²) in [4.78, 5) is 34.5. The van der Waals surface area contributed by atoms with Gasteiger partial charge in [-0.3, -0.25) is 9.80 Å². The smallest absolute Gasteiger partial charge is 0.323 e. The number of thiazole rings is 2. The minimum Gasteiger partial charge on any atom is -0.341 e. The first-order chi connectivity index (χ1) is 14.4. The lowest BCUT2D eigenvalue weighted by atomic mass is 10.3. The molecule has 0 saturated heterocycles. The van der Waals surface area contributed by atoms with Crippen molar-refractivity contribution in [3.05, 3.63) is 48.5 Å². The van der Waals surface area contributed by atoms with Crippen molar-refractivity contribution < 1.29 is 9.59 Å². The summed E-state index contributed by atoms with van der Waals surface area (Å²) >= 11 is 3.01. The third-order valence-electron chi connectivity index (χ3n) is 4.18. The van der Waals surface area contributed by atoms with Gasteiger partial charge in [-0.15, -0.1) is 0 Å². The minimum atomic E-state index is -0.158. The van der Waals surface area contributed by atoms with Gasteiger partial charge >= 0.3 is 12.1 Å². The van der Waals surface area contributed by atoms with Gasteiger partial charge in [-0.05, 0) is 24.3 Å². The van der Waals surface area contributed by atoms with Crippen LogP contribution in [0.3, 0.4) is 0 Å². The normalized spacial score (nSPS) is 10.3. The Bertz CT molecular complexity index is 1010. The Balaban J connectivity index is 0.000000171. The van der Waals surface area contributed by atoms with Crippen LogP contribution in [-0.4, -0.2) is 50.2 Å². The van der Waals surface area contributed by atoms with Crippen LogP contribution in [0, 0.1) is 0 Å². The number of urea groups is 2. The highest BCUT2D eigenvalue weighted by molar-refractivity contribution is 7.22. The van der Waals surface area contributed by atoms with Crippen LogP contribution < -0.4 is 20.4 Å². The molecule has 0 aliphatic rings. The van der Waals surface area contributed by atoms with Gasteiger partial charge < -0.3 is 10.6 Å². The molecule has 4 amide bonds. The second-order valence-corrected chi connectivity index (χ2v) is 8.17. The molecular formula is C20H22N6O2S2. The lowest BCUT2D eigenvalue weighted by Crippen LogP contribution is -2.34. The first-order valence-electron chi connectivity index (χ1n) is 9.06. The van der Waals surface area contributed by atoms with Crippen LogP contribution in [-0.2, 0) is 0 Å². The Morgan fingerprint density at radius 2 is 1.10 bits per heavy atom. The van der Waals surface area contributed by atoms with Crippen molar-refractivity contribution in [2.75, 3.05) is 38.0 Å². The fraction of sp³-hybridized carbons (Fsp3) is 0.200. The van der Waals surface area contributed by atoms with Crippen molar-refractivity contribution in [1.29, 1.82) is 0 Å². The lowest BCUT2D eigenvalue weighted by Gasteiger charge is -2.11. The van der Waals surface area contributed by atoms with E-state index >= 15 is 0 Å². The van der Waals surface area contributed by atoms with E-state index in [1.807, 2.05) is 48.5 Å². The van der Waals surface area contributed by atoms with E-state index in [0.717, 1.165) is 20.4 Å². The number of benzene rings is 2. The zero-order valence-electron chi connectivity index (χ0n) is 17.0. The third kappa shape index (κ3) is 4.66. The first kappa shape index (κ1) is 21.5. The molecule has 0 aliphatic heterocycles. The van der Waals surface area contributed by atoms with E-state index in [-0.39, 0.29) is 12.1 Å². The summed E-state index contributed by atoms with van der Waals surface area (Å²) in [5.41, 5.74) is 1.85. The fourth-order valence-electron chi connectivity index (χ4n) is 2.52. The van der Waals surface area contributed by atoms with Crippen LogP contribution in [0.2, 0.25) is 0 Å². The van der Waals surface area contributed by atoms with Gasteiger partial charge in [0.1, 0.15) is 0 Å². The molecule has 10 heteroatoms. The highest BCUT2D eigenvalue weighted by atomic mass is 32.1. The molecular weight excluding hydrogens is 420 g/mol. The SMILES string of the molecule is CNC(=O)N(C)c1nc2ccccc2s1.CNC(=O)N(C)c1nc2ccccc2s1. The molecule has 0 radical (unpaired) electrons. The number of fused-ring (bicyclic) bond motifs is 2. The van der Waals surface area contributed by atoms with Crippen molar-refractivity contribution in [2.24, 2.45) is 0 Å². The molecule has 8 nitrogen and oxygen atoms in total. The Kier molecular flexibility index (Phi) is 6.80. The maximum Gasteiger partial charge on any atom is 0.323 e. The van der Waals surface area contributed by atoms with Gasteiger partial charge in [0.05, 0.1) is 20.4 Å². The standard InChI is InChI=1S/2C10H11N3OS/c2*1-11-9(14)13(2)10-12-7-5-3-4-6-8(7)15-10/h2*3-6H,1-2H3,(H,11,14). The largest absolute Gasteiger partial charge is 0.341 e. The second-order valence-electron chi connectivity index (χ2n) is 6.16. The van der Waals surface area contributed by atoms with E-state index in [9.17, 15) is 9.59 Å². The van der Waals surface area contributed by atoms with Gasteiger partial charge in [-0.1, -0.05) is 46.9 Å². The average Bonchev–Trinajstić information content (AvgIpc) is 3.41. The van der Waals surface area contributed by atoms with Gasteiger partial charge in [0, 0.05) is 28.2 Å². The number of aromatic nitrogens is 2. The number of rotatable bonds is 2. The van der Waals surface area contributed by atoms with Crippen LogP contribution in [0.1, 0.15) is 0 Å². The molecule has 0 spiro atoms. The Morgan fingerprint density at radius 1 is 0.733 bits per heavy atom. The lowest BCUT2D eigenvalue weighted by molar-refractivity contribution is 0.248. The summed E-state index contributed by atoms with van der Waals surface area (Å²) in [6, 6.07) is 15.3. The number of hydrogen-bond acceptors (Lipinski definition) is 6. The summed E-state index contributed by atoms with van der Waals surface area (Å²) in [5, 5.41) is 6.53. The highest BCUT2D eigenvalue weighted by Gasteiger charge is 2.14. The fourth-order valence-corrected chi connectivity index (χ4v) is 4.37. The third-order valence-corrected chi connectivity index (χ3v) is 6.40.